The lowest BCUT2D eigenvalue weighted by Gasteiger charge is -2.20. The summed E-state index contributed by atoms with van der Waals surface area (Å²) in [6.45, 7) is 0.0862. The molecule has 0 aliphatic carbocycles. The van der Waals surface area contributed by atoms with Gasteiger partial charge in [-0.3, -0.25) is 4.57 Å². The number of hydrogen-bond acceptors (Lipinski definition) is 4. The smallest absolute Gasteiger partial charge is 0.356 e. The van der Waals surface area contributed by atoms with Gasteiger partial charge in [-0.15, -0.1) is 0 Å². The average molecular weight is 197 g/mol. The summed E-state index contributed by atoms with van der Waals surface area (Å²) in [5.41, 5.74) is 0. The molecule has 71 valence electrons. The molecule has 1 heterocycles. The summed E-state index contributed by atoms with van der Waals surface area (Å²) in [5, 5.41) is 18.0. The summed E-state index contributed by atoms with van der Waals surface area (Å²) in [4.78, 5) is 17.0. The van der Waals surface area contributed by atoms with Crippen molar-refractivity contribution >= 4 is 7.60 Å². The molecule has 4 N–H and O–H groups in total. The molecule has 1 fully saturated rings. The van der Waals surface area contributed by atoms with E-state index in [0.717, 1.165) is 0 Å². The fraction of sp³-hybridized carbons (Fsp3) is 0.800. The van der Waals surface area contributed by atoms with Crippen LogP contribution >= 0.6 is 7.60 Å². The van der Waals surface area contributed by atoms with E-state index in [9.17, 15) is 4.57 Å². The van der Waals surface area contributed by atoms with Crippen LogP contribution in [0.25, 0.3) is 0 Å². The minimum absolute atomic E-state index is 0.0862. The van der Waals surface area contributed by atoms with Gasteiger partial charge in [0, 0.05) is 6.42 Å². The third-order valence-corrected chi connectivity index (χ3v) is 2.58. The Hall–Kier alpha value is 0.0300. The Morgan fingerprint density at radius 1 is 1.58 bits per heavy atom. The van der Waals surface area contributed by atoms with Gasteiger partial charge in [0.05, 0.1) is 12.7 Å². The van der Waals surface area contributed by atoms with Crippen molar-refractivity contribution in [2.24, 2.45) is 0 Å². The van der Waals surface area contributed by atoms with E-state index in [0.29, 0.717) is 0 Å². The van der Waals surface area contributed by atoms with Gasteiger partial charge in [0.15, 0.2) is 5.85 Å². The van der Waals surface area contributed by atoms with E-state index in [1.165, 1.54) is 6.42 Å². The van der Waals surface area contributed by atoms with Crippen LogP contribution in [0, 0.1) is 6.42 Å². The maximum absolute atomic E-state index is 10.5. The molecule has 0 saturated carbocycles. The average Bonchev–Trinajstić information content (AvgIpc) is 2.31. The summed E-state index contributed by atoms with van der Waals surface area (Å²) < 4.78 is 15.2. The van der Waals surface area contributed by atoms with Gasteiger partial charge in [0.25, 0.3) is 0 Å². The first-order chi connectivity index (χ1) is 5.43. The quantitative estimate of drug-likeness (QED) is 0.399. The fourth-order valence-corrected chi connectivity index (χ4v) is 1.60. The van der Waals surface area contributed by atoms with Gasteiger partial charge in [-0.1, -0.05) is 0 Å². The van der Waals surface area contributed by atoms with Crippen LogP contribution < -0.4 is 0 Å². The molecule has 1 aliphatic rings. The van der Waals surface area contributed by atoms with Crippen molar-refractivity contribution in [3.05, 3.63) is 6.42 Å². The predicted octanol–water partition coefficient (Wildman–Crippen LogP) is -1.55. The molecular weight excluding hydrogens is 187 g/mol. The molecule has 7 heteroatoms. The van der Waals surface area contributed by atoms with E-state index in [1.807, 2.05) is 0 Å². The highest BCUT2D eigenvalue weighted by molar-refractivity contribution is 7.52. The van der Waals surface area contributed by atoms with E-state index in [-0.39, 0.29) is 6.61 Å². The van der Waals surface area contributed by atoms with Crippen LogP contribution in [0.5, 0.6) is 0 Å². The monoisotopic (exact) mass is 197 g/mol. The van der Waals surface area contributed by atoms with Crippen LogP contribution in [0.1, 0.15) is 0 Å². The second-order valence-corrected chi connectivity index (χ2v) is 4.23. The molecule has 0 amide bonds. The fourth-order valence-electron chi connectivity index (χ4n) is 0.952. The largest absolute Gasteiger partial charge is 0.390 e. The lowest BCUT2D eigenvalue weighted by Crippen LogP contribution is -2.34. The van der Waals surface area contributed by atoms with Gasteiger partial charge in [0.2, 0.25) is 0 Å². The van der Waals surface area contributed by atoms with E-state index in [2.05, 4.69) is 0 Å². The predicted molar refractivity (Wildman–Crippen MR) is 38.1 cm³/mol. The maximum Gasteiger partial charge on any atom is 0.356 e. The standard InChI is InChI=1S/C5H10O6P/c6-3-1-2-11-4(3)5(7)12(8,9)10/h1,3-7H,2H2,(H2,8,9,10)/t3-,4-,5?/m0/s1. The van der Waals surface area contributed by atoms with Crippen molar-refractivity contribution in [2.75, 3.05) is 6.61 Å². The molecule has 0 spiro atoms. The molecule has 0 bridgehead atoms. The Kier molecular flexibility index (Phi) is 2.88. The van der Waals surface area contributed by atoms with Gasteiger partial charge in [-0.05, 0) is 0 Å². The topological polar surface area (TPSA) is 107 Å². The third kappa shape index (κ3) is 2.04. The van der Waals surface area contributed by atoms with Gasteiger partial charge >= 0.3 is 7.60 Å². The first-order valence-corrected chi connectivity index (χ1v) is 4.97. The number of ether oxygens (including phenoxy) is 1. The number of aliphatic hydroxyl groups is 2. The molecule has 1 radical (unpaired) electrons. The number of hydrogen-bond donors (Lipinski definition) is 4. The highest BCUT2D eigenvalue weighted by atomic mass is 31.2. The van der Waals surface area contributed by atoms with Crippen LogP contribution in [-0.2, 0) is 9.30 Å². The summed E-state index contributed by atoms with van der Waals surface area (Å²) >= 11 is 0. The minimum Gasteiger partial charge on any atom is -0.390 e. The molecule has 0 aromatic heterocycles. The van der Waals surface area contributed by atoms with Crippen LogP contribution in [0.4, 0.5) is 0 Å². The Balaban J connectivity index is 2.64. The van der Waals surface area contributed by atoms with Gasteiger partial charge in [-0.25, -0.2) is 0 Å². The Morgan fingerprint density at radius 3 is 2.50 bits per heavy atom. The SMILES string of the molecule is O=P(O)(O)C(O)[C@H]1OC[CH][C@@H]1O. The van der Waals surface area contributed by atoms with Crippen molar-refractivity contribution in [1.29, 1.82) is 0 Å². The van der Waals surface area contributed by atoms with Crippen LogP contribution in [-0.4, -0.2) is 44.7 Å². The maximum atomic E-state index is 10.5. The van der Waals surface area contributed by atoms with Gasteiger partial charge in [0.1, 0.15) is 6.10 Å². The summed E-state index contributed by atoms with van der Waals surface area (Å²) in [7, 11) is -4.59. The summed E-state index contributed by atoms with van der Waals surface area (Å²) in [5.74, 6) is -1.95. The summed E-state index contributed by atoms with van der Waals surface area (Å²) in [6.07, 6.45) is -1.01. The first kappa shape index (κ1) is 10.1. The lowest BCUT2D eigenvalue weighted by atomic mass is 10.2. The summed E-state index contributed by atoms with van der Waals surface area (Å²) in [6, 6.07) is 0. The molecule has 0 aromatic rings. The van der Waals surface area contributed by atoms with Crippen molar-refractivity contribution < 1.29 is 29.3 Å². The Morgan fingerprint density at radius 2 is 2.17 bits per heavy atom. The second kappa shape index (κ2) is 3.41. The molecule has 1 rings (SSSR count). The molecular formula is C5H10O6P. The molecule has 12 heavy (non-hydrogen) atoms. The minimum atomic E-state index is -4.59. The van der Waals surface area contributed by atoms with Gasteiger partial charge in [-0.2, -0.15) is 0 Å². The molecule has 1 saturated heterocycles. The zero-order valence-electron chi connectivity index (χ0n) is 6.07. The van der Waals surface area contributed by atoms with Crippen molar-refractivity contribution in [2.45, 2.75) is 18.1 Å². The van der Waals surface area contributed by atoms with E-state index < -0.39 is 25.6 Å². The molecule has 6 nitrogen and oxygen atoms in total. The number of aliphatic hydroxyl groups excluding tert-OH is 2. The third-order valence-electron chi connectivity index (χ3n) is 1.60. The van der Waals surface area contributed by atoms with Crippen LogP contribution in [0.15, 0.2) is 0 Å². The lowest BCUT2D eigenvalue weighted by molar-refractivity contribution is -0.0206. The molecule has 0 aromatic carbocycles. The molecule has 1 aliphatic heterocycles. The zero-order chi connectivity index (χ0) is 9.35. The van der Waals surface area contributed by atoms with E-state index in [4.69, 9.17) is 24.7 Å². The van der Waals surface area contributed by atoms with E-state index in [1.54, 1.807) is 0 Å². The van der Waals surface area contributed by atoms with Crippen molar-refractivity contribution in [3.63, 3.8) is 0 Å². The number of rotatable bonds is 2. The Bertz CT molecular complexity index is 200. The van der Waals surface area contributed by atoms with Gasteiger partial charge < -0.3 is 24.7 Å². The van der Waals surface area contributed by atoms with Crippen molar-refractivity contribution in [1.82, 2.24) is 0 Å². The molecule has 3 atom stereocenters. The van der Waals surface area contributed by atoms with E-state index >= 15 is 0 Å². The normalized spacial score (nSPS) is 33.7. The van der Waals surface area contributed by atoms with Crippen LogP contribution in [0.3, 0.4) is 0 Å². The van der Waals surface area contributed by atoms with Crippen LogP contribution in [0.2, 0.25) is 0 Å². The highest BCUT2D eigenvalue weighted by Gasteiger charge is 2.42. The Labute approximate surface area is 68.9 Å². The highest BCUT2D eigenvalue weighted by Crippen LogP contribution is 2.43. The van der Waals surface area contributed by atoms with Crippen molar-refractivity contribution in [3.8, 4) is 0 Å². The zero-order valence-corrected chi connectivity index (χ0v) is 6.96. The first-order valence-electron chi connectivity index (χ1n) is 3.29. The molecule has 1 unspecified atom stereocenters. The second-order valence-electron chi connectivity index (χ2n) is 2.53.